The maximum absolute atomic E-state index is 2.12. The van der Waals surface area contributed by atoms with E-state index in [-0.39, 0.29) is 34.0 Å². The second-order valence-electron chi connectivity index (χ2n) is 3.50. The third kappa shape index (κ3) is 3.68. The minimum absolute atomic E-state index is 0. The standard InChI is InChI=1S/C12H14N2.2BrH/c1-13-7-3-11(4-8-13)12-5-9-14(2)10-6-12;;/h3-10H,1-2H3;2*1H/q+2;;/p-2. The van der Waals surface area contributed by atoms with Crippen LogP contribution >= 0.6 is 0 Å². The Labute approximate surface area is 117 Å². The zero-order valence-corrected chi connectivity index (χ0v) is 12.4. The third-order valence-corrected chi connectivity index (χ3v) is 2.29. The van der Waals surface area contributed by atoms with Gasteiger partial charge in [0.15, 0.2) is 24.8 Å². The SMILES string of the molecule is C[n+]1ccc(-c2cc[n+](C)cc2)cc1.[Br-].[Br-]. The van der Waals surface area contributed by atoms with Crippen molar-refractivity contribution in [2.24, 2.45) is 14.1 Å². The Hall–Kier alpha value is -0.740. The van der Waals surface area contributed by atoms with Crippen LogP contribution < -0.4 is 43.1 Å². The van der Waals surface area contributed by atoms with Crippen LogP contribution in [0.2, 0.25) is 0 Å². The number of nitrogens with zero attached hydrogens (tertiary/aromatic N) is 2. The van der Waals surface area contributed by atoms with Gasteiger partial charge in [-0.1, -0.05) is 0 Å². The van der Waals surface area contributed by atoms with Crippen molar-refractivity contribution in [1.29, 1.82) is 0 Å². The van der Waals surface area contributed by atoms with Gasteiger partial charge in [-0.3, -0.25) is 0 Å². The number of pyridine rings is 2. The lowest BCUT2D eigenvalue weighted by Gasteiger charge is -1.97. The van der Waals surface area contributed by atoms with Crippen LogP contribution in [0.5, 0.6) is 0 Å². The van der Waals surface area contributed by atoms with E-state index in [1.165, 1.54) is 11.1 Å². The van der Waals surface area contributed by atoms with Gasteiger partial charge in [-0.25, -0.2) is 9.13 Å². The molecule has 0 N–H and O–H groups in total. The van der Waals surface area contributed by atoms with Gasteiger partial charge in [-0.2, -0.15) is 0 Å². The second-order valence-corrected chi connectivity index (χ2v) is 3.50. The Morgan fingerprint density at radius 2 is 0.875 bits per heavy atom. The maximum atomic E-state index is 2.12. The normalized spacial score (nSPS) is 8.88. The molecule has 86 valence electrons. The lowest BCUT2D eigenvalue weighted by atomic mass is 10.1. The highest BCUT2D eigenvalue weighted by molar-refractivity contribution is 5.60. The Morgan fingerprint density at radius 3 is 1.12 bits per heavy atom. The Morgan fingerprint density at radius 1 is 0.625 bits per heavy atom. The van der Waals surface area contributed by atoms with E-state index in [9.17, 15) is 0 Å². The molecule has 0 aliphatic carbocycles. The smallest absolute Gasteiger partial charge is 0.169 e. The van der Waals surface area contributed by atoms with Gasteiger partial charge in [0.05, 0.1) is 0 Å². The average molecular weight is 346 g/mol. The van der Waals surface area contributed by atoms with Crippen LogP contribution in [-0.2, 0) is 14.1 Å². The average Bonchev–Trinajstić information content (AvgIpc) is 2.21. The molecule has 0 atom stereocenters. The Bertz CT molecular complexity index is 380. The number of aromatic nitrogens is 2. The van der Waals surface area contributed by atoms with Crippen molar-refractivity contribution >= 4 is 0 Å². The monoisotopic (exact) mass is 344 g/mol. The molecule has 0 aliphatic rings. The first-order valence-corrected chi connectivity index (χ1v) is 4.67. The molecule has 0 amide bonds. The summed E-state index contributed by atoms with van der Waals surface area (Å²) < 4.78 is 4.07. The molecular weight excluding hydrogens is 332 g/mol. The molecule has 0 bridgehead atoms. The molecule has 2 aromatic rings. The minimum atomic E-state index is 0. The summed E-state index contributed by atoms with van der Waals surface area (Å²) in [6.45, 7) is 0. The highest BCUT2D eigenvalue weighted by atomic mass is 79.9. The van der Waals surface area contributed by atoms with Crippen LogP contribution in [0.25, 0.3) is 11.1 Å². The van der Waals surface area contributed by atoms with Gasteiger partial charge in [-0.15, -0.1) is 0 Å². The van der Waals surface area contributed by atoms with E-state index in [1.807, 2.05) is 23.2 Å². The maximum Gasteiger partial charge on any atom is 0.169 e. The van der Waals surface area contributed by atoms with Crippen LogP contribution in [0.3, 0.4) is 0 Å². The number of hydrogen-bond acceptors (Lipinski definition) is 0. The zero-order chi connectivity index (χ0) is 9.97. The summed E-state index contributed by atoms with van der Waals surface area (Å²) in [6.07, 6.45) is 8.23. The van der Waals surface area contributed by atoms with E-state index in [0.29, 0.717) is 0 Å². The van der Waals surface area contributed by atoms with Crippen molar-refractivity contribution in [2.45, 2.75) is 0 Å². The van der Waals surface area contributed by atoms with Crippen molar-refractivity contribution < 1.29 is 43.1 Å². The lowest BCUT2D eigenvalue weighted by molar-refractivity contribution is -0.671. The molecular formula is C12H14Br2N2. The van der Waals surface area contributed by atoms with Crippen LogP contribution in [0.1, 0.15) is 0 Å². The number of rotatable bonds is 1. The van der Waals surface area contributed by atoms with Crippen molar-refractivity contribution in [1.82, 2.24) is 0 Å². The van der Waals surface area contributed by atoms with Gasteiger partial charge < -0.3 is 34.0 Å². The molecule has 4 heteroatoms. The number of aryl methyl sites for hydroxylation is 2. The summed E-state index contributed by atoms with van der Waals surface area (Å²) >= 11 is 0. The molecule has 2 rings (SSSR count). The van der Waals surface area contributed by atoms with Crippen LogP contribution in [0.15, 0.2) is 49.1 Å². The van der Waals surface area contributed by atoms with Gasteiger partial charge in [0, 0.05) is 24.3 Å². The van der Waals surface area contributed by atoms with E-state index in [0.717, 1.165) is 0 Å². The summed E-state index contributed by atoms with van der Waals surface area (Å²) in [4.78, 5) is 0. The van der Waals surface area contributed by atoms with Crippen LogP contribution in [0.4, 0.5) is 0 Å². The van der Waals surface area contributed by atoms with Crippen LogP contribution in [0, 0.1) is 0 Å². The van der Waals surface area contributed by atoms with E-state index in [1.54, 1.807) is 0 Å². The van der Waals surface area contributed by atoms with Gasteiger partial charge >= 0.3 is 0 Å². The fourth-order valence-corrected chi connectivity index (χ4v) is 1.39. The first kappa shape index (κ1) is 15.3. The van der Waals surface area contributed by atoms with Gasteiger partial charge in [0.25, 0.3) is 0 Å². The lowest BCUT2D eigenvalue weighted by Crippen LogP contribution is -3.00. The quantitative estimate of drug-likeness (QED) is 0.457. The molecule has 0 unspecified atom stereocenters. The van der Waals surface area contributed by atoms with Gasteiger partial charge in [0.1, 0.15) is 14.1 Å². The Balaban J connectivity index is 0.00000112. The van der Waals surface area contributed by atoms with Gasteiger partial charge in [-0.05, 0) is 11.1 Å². The predicted molar refractivity (Wildman–Crippen MR) is 54.2 cm³/mol. The largest absolute Gasteiger partial charge is 1.00 e. The molecule has 0 saturated carbocycles. The fourth-order valence-electron chi connectivity index (χ4n) is 1.39. The second kappa shape index (κ2) is 6.76. The van der Waals surface area contributed by atoms with Crippen molar-refractivity contribution in [2.75, 3.05) is 0 Å². The zero-order valence-electron chi connectivity index (χ0n) is 9.27. The molecule has 0 aromatic carbocycles. The Kier molecular flexibility index (Phi) is 6.45. The summed E-state index contributed by atoms with van der Waals surface area (Å²) in [6, 6.07) is 8.48. The molecule has 16 heavy (non-hydrogen) atoms. The van der Waals surface area contributed by atoms with Crippen molar-refractivity contribution in [3.63, 3.8) is 0 Å². The molecule has 2 heterocycles. The van der Waals surface area contributed by atoms with Gasteiger partial charge in [0.2, 0.25) is 0 Å². The first-order valence-electron chi connectivity index (χ1n) is 4.67. The molecule has 2 nitrogen and oxygen atoms in total. The fraction of sp³-hybridized carbons (Fsp3) is 0.167. The van der Waals surface area contributed by atoms with Crippen LogP contribution in [-0.4, -0.2) is 0 Å². The van der Waals surface area contributed by atoms with Crippen molar-refractivity contribution in [3.05, 3.63) is 49.1 Å². The molecule has 0 aliphatic heterocycles. The highest BCUT2D eigenvalue weighted by Gasteiger charge is 2.00. The highest BCUT2D eigenvalue weighted by Crippen LogP contribution is 2.14. The molecule has 0 saturated heterocycles. The summed E-state index contributed by atoms with van der Waals surface area (Å²) in [5, 5.41) is 0. The topological polar surface area (TPSA) is 7.76 Å². The molecule has 0 spiro atoms. The number of halogens is 2. The summed E-state index contributed by atoms with van der Waals surface area (Å²) in [5.74, 6) is 0. The summed E-state index contributed by atoms with van der Waals surface area (Å²) in [5.41, 5.74) is 2.51. The summed E-state index contributed by atoms with van der Waals surface area (Å²) in [7, 11) is 4.05. The third-order valence-electron chi connectivity index (χ3n) is 2.29. The number of hydrogen-bond donors (Lipinski definition) is 0. The predicted octanol–water partition coefficient (Wildman–Crippen LogP) is -4.99. The molecule has 2 aromatic heterocycles. The minimum Gasteiger partial charge on any atom is -1.00 e. The van der Waals surface area contributed by atoms with E-state index in [2.05, 4.69) is 49.1 Å². The molecule has 0 radical (unpaired) electrons. The van der Waals surface area contributed by atoms with E-state index >= 15 is 0 Å². The first-order chi connectivity index (χ1) is 6.75. The van der Waals surface area contributed by atoms with E-state index < -0.39 is 0 Å². The molecule has 0 fully saturated rings. The van der Waals surface area contributed by atoms with E-state index in [4.69, 9.17) is 0 Å². The van der Waals surface area contributed by atoms with Crippen molar-refractivity contribution in [3.8, 4) is 11.1 Å².